The fourth-order valence-electron chi connectivity index (χ4n) is 1.47. The Morgan fingerprint density at radius 1 is 1.47 bits per heavy atom. The van der Waals surface area contributed by atoms with Gasteiger partial charge in [0.2, 0.25) is 0 Å². The van der Waals surface area contributed by atoms with E-state index < -0.39 is 0 Å². The first-order valence-electron chi connectivity index (χ1n) is 4.97. The summed E-state index contributed by atoms with van der Waals surface area (Å²) in [6.45, 7) is 5.09. The molecule has 0 fully saturated rings. The molecule has 5 heteroatoms. The summed E-state index contributed by atoms with van der Waals surface area (Å²) in [5.74, 6) is 1.83. The van der Waals surface area contributed by atoms with E-state index in [1.54, 1.807) is 13.0 Å². The predicted octanol–water partition coefficient (Wildman–Crippen LogP) is 3.80. The molecule has 0 bridgehead atoms. The molecule has 88 valence electrons. The largest absolute Gasteiger partial charge is 0.458 e. The second-order valence-electron chi connectivity index (χ2n) is 3.56. The van der Waals surface area contributed by atoms with Gasteiger partial charge in [0, 0.05) is 17.0 Å². The summed E-state index contributed by atoms with van der Waals surface area (Å²) >= 11 is 11.9. The van der Waals surface area contributed by atoms with Gasteiger partial charge in [0.1, 0.15) is 17.3 Å². The SMILES string of the molecule is C=N/C(C)=N\C(Cl)=C1/Cc2ccc(Cl)cc2O1. The van der Waals surface area contributed by atoms with Gasteiger partial charge in [-0.3, -0.25) is 0 Å². The summed E-state index contributed by atoms with van der Waals surface area (Å²) in [5, 5.41) is 0.927. The van der Waals surface area contributed by atoms with Gasteiger partial charge in [0.25, 0.3) is 0 Å². The van der Waals surface area contributed by atoms with Crippen LogP contribution < -0.4 is 4.74 Å². The Morgan fingerprint density at radius 3 is 2.94 bits per heavy atom. The highest BCUT2D eigenvalue weighted by Crippen LogP contribution is 2.35. The highest BCUT2D eigenvalue weighted by molar-refractivity contribution is 6.31. The van der Waals surface area contributed by atoms with Crippen LogP contribution >= 0.6 is 23.2 Å². The van der Waals surface area contributed by atoms with Crippen LogP contribution in [0.4, 0.5) is 0 Å². The number of rotatable bonds is 1. The number of amidine groups is 1. The minimum absolute atomic E-state index is 0.294. The van der Waals surface area contributed by atoms with Crippen molar-refractivity contribution in [1.82, 2.24) is 0 Å². The third-order valence-corrected chi connectivity index (χ3v) is 2.86. The minimum Gasteiger partial charge on any atom is -0.458 e. The van der Waals surface area contributed by atoms with Crippen molar-refractivity contribution in [3.05, 3.63) is 39.7 Å². The monoisotopic (exact) mass is 268 g/mol. The van der Waals surface area contributed by atoms with Crippen molar-refractivity contribution in [2.24, 2.45) is 9.98 Å². The number of halogens is 2. The Morgan fingerprint density at radius 2 is 2.24 bits per heavy atom. The van der Waals surface area contributed by atoms with Gasteiger partial charge in [0.05, 0.1) is 0 Å². The molecule has 0 spiro atoms. The van der Waals surface area contributed by atoms with Crippen molar-refractivity contribution in [2.75, 3.05) is 0 Å². The van der Waals surface area contributed by atoms with Gasteiger partial charge in [-0.1, -0.05) is 29.3 Å². The van der Waals surface area contributed by atoms with E-state index in [4.69, 9.17) is 27.9 Å². The molecular formula is C12H10Cl2N2O. The van der Waals surface area contributed by atoms with Crippen molar-refractivity contribution in [3.63, 3.8) is 0 Å². The number of aliphatic imine (C=N–C) groups is 2. The maximum absolute atomic E-state index is 6.04. The fourth-order valence-corrected chi connectivity index (χ4v) is 1.86. The number of hydrogen-bond donors (Lipinski definition) is 0. The highest BCUT2D eigenvalue weighted by atomic mass is 35.5. The lowest BCUT2D eigenvalue weighted by Crippen LogP contribution is -1.92. The first-order valence-corrected chi connectivity index (χ1v) is 5.72. The zero-order chi connectivity index (χ0) is 12.4. The molecule has 0 radical (unpaired) electrons. The van der Waals surface area contributed by atoms with Gasteiger partial charge in [-0.15, -0.1) is 0 Å². The number of allylic oxidation sites excluding steroid dienone is 1. The fraction of sp³-hybridized carbons (Fsp3) is 0.167. The van der Waals surface area contributed by atoms with Crippen LogP contribution in [0.3, 0.4) is 0 Å². The van der Waals surface area contributed by atoms with E-state index in [1.807, 2.05) is 12.1 Å². The van der Waals surface area contributed by atoms with Gasteiger partial charge in [0.15, 0.2) is 5.16 Å². The van der Waals surface area contributed by atoms with Gasteiger partial charge >= 0.3 is 0 Å². The number of fused-ring (bicyclic) bond motifs is 1. The molecule has 17 heavy (non-hydrogen) atoms. The van der Waals surface area contributed by atoms with E-state index in [9.17, 15) is 0 Å². The summed E-state index contributed by atoms with van der Waals surface area (Å²) < 4.78 is 5.59. The predicted molar refractivity (Wildman–Crippen MR) is 71.3 cm³/mol. The average Bonchev–Trinajstić information content (AvgIpc) is 2.71. The number of nitrogens with zero attached hydrogens (tertiary/aromatic N) is 2. The highest BCUT2D eigenvalue weighted by Gasteiger charge is 2.20. The molecule has 0 aliphatic carbocycles. The maximum atomic E-state index is 6.04. The standard InChI is InChI=1S/C12H10Cl2N2O/c1-7(15-2)16-12(14)11-5-8-3-4-9(13)6-10(8)17-11/h3-4,6H,2,5H2,1H3/b12-11+,16-7-. The smallest absolute Gasteiger partial charge is 0.169 e. The quantitative estimate of drug-likeness (QED) is 0.433. The molecule has 3 nitrogen and oxygen atoms in total. The molecule has 1 heterocycles. The summed E-state index contributed by atoms with van der Waals surface area (Å²) in [7, 11) is 0. The average molecular weight is 269 g/mol. The molecular weight excluding hydrogens is 259 g/mol. The molecule has 0 saturated heterocycles. The van der Waals surface area contributed by atoms with Crippen molar-refractivity contribution >= 4 is 35.8 Å². The van der Waals surface area contributed by atoms with Crippen LogP contribution in [-0.2, 0) is 6.42 Å². The molecule has 0 N–H and O–H groups in total. The van der Waals surface area contributed by atoms with Crippen LogP contribution in [0.1, 0.15) is 12.5 Å². The van der Waals surface area contributed by atoms with E-state index in [-0.39, 0.29) is 0 Å². The van der Waals surface area contributed by atoms with Crippen LogP contribution in [0.2, 0.25) is 5.02 Å². The molecule has 1 aliphatic heterocycles. The van der Waals surface area contributed by atoms with Crippen LogP contribution in [0.5, 0.6) is 5.75 Å². The first kappa shape index (κ1) is 12.1. The second kappa shape index (κ2) is 4.90. The van der Waals surface area contributed by atoms with Gasteiger partial charge in [-0.2, -0.15) is 0 Å². The molecule has 1 aromatic carbocycles. The molecule has 1 aliphatic rings. The zero-order valence-corrected chi connectivity index (χ0v) is 10.7. The van der Waals surface area contributed by atoms with Crippen LogP contribution in [0, 0.1) is 0 Å². The lowest BCUT2D eigenvalue weighted by atomic mass is 10.1. The van der Waals surface area contributed by atoms with E-state index in [1.165, 1.54) is 0 Å². The van der Waals surface area contributed by atoms with Crippen molar-refractivity contribution in [3.8, 4) is 5.75 Å². The van der Waals surface area contributed by atoms with Gasteiger partial charge < -0.3 is 4.74 Å². The van der Waals surface area contributed by atoms with E-state index in [0.29, 0.717) is 28.2 Å². The zero-order valence-electron chi connectivity index (χ0n) is 9.20. The first-order chi connectivity index (χ1) is 8.10. The number of hydrogen-bond acceptors (Lipinski definition) is 2. The lowest BCUT2D eigenvalue weighted by molar-refractivity contribution is 0.443. The minimum atomic E-state index is 0.294. The van der Waals surface area contributed by atoms with Gasteiger partial charge in [-0.25, -0.2) is 9.98 Å². The summed E-state index contributed by atoms with van der Waals surface area (Å²) in [4.78, 5) is 7.73. The molecule has 0 atom stereocenters. The van der Waals surface area contributed by atoms with Crippen molar-refractivity contribution in [2.45, 2.75) is 13.3 Å². The Bertz CT molecular complexity index is 535. The topological polar surface area (TPSA) is 34.0 Å². The third kappa shape index (κ3) is 2.68. The van der Waals surface area contributed by atoms with E-state index in [2.05, 4.69) is 16.7 Å². The van der Waals surface area contributed by atoms with Crippen LogP contribution in [0.15, 0.2) is 39.1 Å². The van der Waals surface area contributed by atoms with Crippen molar-refractivity contribution < 1.29 is 4.74 Å². The summed E-state index contributed by atoms with van der Waals surface area (Å²) in [6.07, 6.45) is 0.610. The molecule has 0 amide bonds. The Labute approximate surface area is 109 Å². The molecule has 0 aromatic heterocycles. The normalized spacial score (nSPS) is 17.5. The third-order valence-electron chi connectivity index (χ3n) is 2.33. The molecule has 1 aromatic rings. The number of benzene rings is 1. The van der Waals surface area contributed by atoms with Gasteiger partial charge in [-0.05, 0) is 25.8 Å². The molecule has 0 unspecified atom stereocenters. The summed E-state index contributed by atoms with van der Waals surface area (Å²) in [6, 6.07) is 5.49. The summed E-state index contributed by atoms with van der Waals surface area (Å²) in [5.41, 5.74) is 1.04. The Balaban J connectivity index is 2.30. The maximum Gasteiger partial charge on any atom is 0.169 e. The second-order valence-corrected chi connectivity index (χ2v) is 4.36. The Hall–Kier alpha value is -1.32. The Kier molecular flexibility index (Phi) is 3.50. The van der Waals surface area contributed by atoms with Crippen LogP contribution in [-0.4, -0.2) is 12.6 Å². The number of ether oxygens (including phenoxy) is 1. The molecule has 0 saturated carbocycles. The van der Waals surface area contributed by atoms with E-state index >= 15 is 0 Å². The van der Waals surface area contributed by atoms with E-state index in [0.717, 1.165) is 11.3 Å². The van der Waals surface area contributed by atoms with Crippen LogP contribution in [0.25, 0.3) is 0 Å². The molecule has 2 rings (SSSR count). The van der Waals surface area contributed by atoms with Crippen molar-refractivity contribution in [1.29, 1.82) is 0 Å². The lowest BCUT2D eigenvalue weighted by Gasteiger charge is -2.00.